The molecule has 1 nitrogen and oxygen atoms in total. The maximum absolute atomic E-state index is 2.40. The van der Waals surface area contributed by atoms with E-state index in [2.05, 4.69) is 125 Å². The Balaban J connectivity index is 3.63. The molecule has 1 atom stereocenters. The summed E-state index contributed by atoms with van der Waals surface area (Å²) in [6.07, 6.45) is 52.3. The van der Waals surface area contributed by atoms with Crippen LogP contribution < -0.4 is 0 Å². The summed E-state index contributed by atoms with van der Waals surface area (Å²) < 4.78 is 0. The first-order chi connectivity index (χ1) is 23.2. The molecule has 0 aromatic rings. The van der Waals surface area contributed by atoms with Gasteiger partial charge in [0, 0.05) is 22.5 Å². The van der Waals surface area contributed by atoms with Crippen molar-refractivity contribution in [2.75, 3.05) is 37.9 Å². The van der Waals surface area contributed by atoms with E-state index in [0.717, 1.165) is 18.1 Å². The number of hydrogen-bond donors (Lipinski definition) is 0. The Morgan fingerprint density at radius 1 is 0.447 bits per heavy atom. The number of unbranched alkanes of at least 4 members (excludes halogenated alkanes) is 18. The normalized spacial score (nSPS) is 13.1. The highest BCUT2D eigenvalue weighted by molar-refractivity contribution is 8.78. The predicted molar refractivity (Wildman–Crippen MR) is 231 cm³/mol. The molecule has 0 spiro atoms. The Labute approximate surface area is 312 Å². The van der Waals surface area contributed by atoms with Gasteiger partial charge in [-0.2, -0.15) is 0 Å². The van der Waals surface area contributed by atoms with E-state index in [-0.39, 0.29) is 0 Å². The van der Waals surface area contributed by atoms with E-state index in [0.29, 0.717) is 0 Å². The topological polar surface area (TPSA) is 3.24 Å². The van der Waals surface area contributed by atoms with Crippen LogP contribution >= 0.6 is 43.2 Å². The summed E-state index contributed by atoms with van der Waals surface area (Å²) in [7, 11) is 13.0. The van der Waals surface area contributed by atoms with Gasteiger partial charge >= 0.3 is 0 Å². The number of hydrogen-bond acceptors (Lipinski definition) is 5. The highest BCUT2D eigenvalue weighted by Crippen LogP contribution is 2.35. The zero-order valence-electron chi connectivity index (χ0n) is 31.8. The molecule has 0 radical (unpaired) electrons. The van der Waals surface area contributed by atoms with E-state index in [1.54, 1.807) is 0 Å². The highest BCUT2D eigenvalue weighted by atomic mass is 33.1. The molecule has 47 heavy (non-hydrogen) atoms. The van der Waals surface area contributed by atoms with Gasteiger partial charge in [-0.25, -0.2) is 0 Å². The van der Waals surface area contributed by atoms with Crippen molar-refractivity contribution in [2.45, 2.75) is 180 Å². The summed E-state index contributed by atoms with van der Waals surface area (Å²) in [5.74, 6) is 3.94. The van der Waals surface area contributed by atoms with Gasteiger partial charge in [-0.3, -0.25) is 0 Å². The molecule has 0 saturated heterocycles. The third-order valence-electron chi connectivity index (χ3n) is 8.30. The molecule has 0 aliphatic carbocycles. The van der Waals surface area contributed by atoms with Crippen molar-refractivity contribution in [2.24, 2.45) is 0 Å². The van der Waals surface area contributed by atoms with Crippen LogP contribution in [-0.2, 0) is 0 Å². The van der Waals surface area contributed by atoms with Crippen LogP contribution in [0, 0.1) is 0 Å². The summed E-state index contributed by atoms with van der Waals surface area (Å²) in [5, 5.41) is 0.778. The van der Waals surface area contributed by atoms with Crippen molar-refractivity contribution in [3.05, 3.63) is 48.6 Å². The van der Waals surface area contributed by atoms with Crippen LogP contribution in [-0.4, -0.2) is 48.0 Å². The first kappa shape index (κ1) is 47.3. The summed E-state index contributed by atoms with van der Waals surface area (Å²) in [5.41, 5.74) is 0. The number of rotatable bonds is 38. The Hall–Kier alpha value is 0.320. The van der Waals surface area contributed by atoms with E-state index in [4.69, 9.17) is 0 Å². The highest BCUT2D eigenvalue weighted by Gasteiger charge is 2.11. The molecular formula is C42H79NS4. The summed E-state index contributed by atoms with van der Waals surface area (Å²) in [6.45, 7) is 5.75. The fraction of sp³-hybridized carbons (Fsp3) is 0.810. The molecule has 276 valence electrons. The summed E-state index contributed by atoms with van der Waals surface area (Å²) in [4.78, 5) is 2.35. The predicted octanol–water partition coefficient (Wildman–Crippen LogP) is 15.7. The Kier molecular flexibility index (Phi) is 42.8. The Morgan fingerprint density at radius 3 is 1.30 bits per heavy atom. The average Bonchev–Trinajstić information content (AvgIpc) is 3.07. The van der Waals surface area contributed by atoms with Gasteiger partial charge in [0.15, 0.2) is 0 Å². The van der Waals surface area contributed by atoms with Crippen LogP contribution in [0.15, 0.2) is 48.6 Å². The zero-order chi connectivity index (χ0) is 34.1. The Morgan fingerprint density at radius 2 is 0.851 bits per heavy atom. The maximum atomic E-state index is 2.40. The monoisotopic (exact) mass is 726 g/mol. The minimum Gasteiger partial charge on any atom is -0.309 e. The van der Waals surface area contributed by atoms with Crippen LogP contribution in [0.5, 0.6) is 0 Å². The van der Waals surface area contributed by atoms with E-state index >= 15 is 0 Å². The van der Waals surface area contributed by atoms with Gasteiger partial charge in [0.1, 0.15) is 0 Å². The lowest BCUT2D eigenvalue weighted by atomic mass is 10.1. The van der Waals surface area contributed by atoms with Gasteiger partial charge in [0.2, 0.25) is 0 Å². The van der Waals surface area contributed by atoms with Gasteiger partial charge in [-0.15, -0.1) is 0 Å². The van der Waals surface area contributed by atoms with E-state index in [1.165, 1.54) is 171 Å². The summed E-state index contributed by atoms with van der Waals surface area (Å²) >= 11 is 0. The van der Waals surface area contributed by atoms with Crippen molar-refractivity contribution in [1.82, 2.24) is 4.90 Å². The Bertz CT molecular complexity index is 703. The molecule has 0 aromatic heterocycles. The summed E-state index contributed by atoms with van der Waals surface area (Å²) in [6, 6.07) is 0. The first-order valence-electron chi connectivity index (χ1n) is 20.0. The van der Waals surface area contributed by atoms with Crippen LogP contribution in [0.2, 0.25) is 0 Å². The average molecular weight is 726 g/mol. The molecule has 1 unspecified atom stereocenters. The van der Waals surface area contributed by atoms with Crippen molar-refractivity contribution < 1.29 is 0 Å². The third-order valence-corrected chi connectivity index (χ3v) is 14.1. The van der Waals surface area contributed by atoms with Gasteiger partial charge in [0.05, 0.1) is 0 Å². The molecule has 0 saturated carbocycles. The van der Waals surface area contributed by atoms with Crippen molar-refractivity contribution in [3.63, 3.8) is 0 Å². The SMILES string of the molecule is CCCCC/C=C\C/C=C\CCCCCCCCSSCC(CCN(C)C)SSCCCCCCCC/C=C\C/C=C\CCCCC. The lowest BCUT2D eigenvalue weighted by molar-refractivity contribution is 0.401. The quantitative estimate of drug-likeness (QED) is 0.0353. The van der Waals surface area contributed by atoms with E-state index < -0.39 is 0 Å². The van der Waals surface area contributed by atoms with E-state index in [9.17, 15) is 0 Å². The van der Waals surface area contributed by atoms with Crippen LogP contribution in [0.25, 0.3) is 0 Å². The molecule has 0 aliphatic rings. The second kappa shape index (κ2) is 42.5. The third kappa shape index (κ3) is 42.4. The van der Waals surface area contributed by atoms with Crippen LogP contribution in [0.3, 0.4) is 0 Å². The fourth-order valence-corrected chi connectivity index (χ4v) is 11.0. The second-order valence-corrected chi connectivity index (χ2v) is 18.8. The second-order valence-electron chi connectivity index (χ2n) is 13.4. The molecule has 0 rings (SSSR count). The first-order valence-corrected chi connectivity index (χ1v) is 24.8. The molecule has 0 heterocycles. The van der Waals surface area contributed by atoms with E-state index in [1.807, 2.05) is 0 Å². The minimum atomic E-state index is 0.778. The van der Waals surface area contributed by atoms with Gasteiger partial charge in [0.25, 0.3) is 0 Å². The standard InChI is InChI=1S/C42H79NS4/c1-5-7-9-11-13-15-17-19-21-23-25-27-29-31-33-35-39-44-46-41-42(37-38-43(3)4)47-45-40-36-34-32-30-28-26-24-22-20-18-16-14-12-10-8-6-2/h13-16,19-22,42H,5-12,17-18,23-41H2,1-4H3/b15-13-,16-14-,21-19-,22-20-. The lowest BCUT2D eigenvalue weighted by Gasteiger charge is -2.18. The molecular weight excluding hydrogens is 647 g/mol. The molecule has 0 N–H and O–H groups in total. The molecule has 0 bridgehead atoms. The number of allylic oxidation sites excluding steroid dienone is 8. The van der Waals surface area contributed by atoms with Crippen molar-refractivity contribution in [3.8, 4) is 0 Å². The molecule has 0 aliphatic heterocycles. The van der Waals surface area contributed by atoms with Gasteiger partial charge < -0.3 is 4.90 Å². The largest absolute Gasteiger partial charge is 0.309 e. The minimum absolute atomic E-state index is 0.778. The molecule has 5 heteroatoms. The molecule has 0 fully saturated rings. The van der Waals surface area contributed by atoms with Crippen LogP contribution in [0.1, 0.15) is 174 Å². The zero-order valence-corrected chi connectivity index (χ0v) is 35.0. The fourth-order valence-electron chi connectivity index (χ4n) is 5.19. The van der Waals surface area contributed by atoms with Gasteiger partial charge in [-0.1, -0.05) is 183 Å². The smallest absolute Gasteiger partial charge is 0.0262 e. The molecule has 0 aromatic carbocycles. The number of nitrogens with zero attached hydrogens (tertiary/aromatic N) is 1. The van der Waals surface area contributed by atoms with Crippen molar-refractivity contribution >= 4 is 43.2 Å². The van der Waals surface area contributed by atoms with Gasteiger partial charge in [-0.05, 0) is 104 Å². The van der Waals surface area contributed by atoms with Crippen LogP contribution in [0.4, 0.5) is 0 Å². The molecule has 0 amide bonds. The lowest BCUT2D eigenvalue weighted by Crippen LogP contribution is -2.18. The maximum Gasteiger partial charge on any atom is 0.0262 e. The van der Waals surface area contributed by atoms with Crippen molar-refractivity contribution in [1.29, 1.82) is 0 Å².